The van der Waals surface area contributed by atoms with E-state index in [1.807, 2.05) is 0 Å². The van der Waals surface area contributed by atoms with E-state index in [1.165, 1.54) is 0 Å². The van der Waals surface area contributed by atoms with Gasteiger partial charge in [-0.25, -0.2) is 15.0 Å². The molecule has 0 amide bonds. The molecule has 0 radical (unpaired) electrons. The predicted molar refractivity (Wildman–Crippen MR) is 63.7 cm³/mol. The second-order valence-corrected chi connectivity index (χ2v) is 3.70. The molecule has 0 saturated carbocycles. The van der Waals surface area contributed by atoms with Crippen LogP contribution in [0.1, 0.15) is 11.6 Å². The molecule has 0 aliphatic heterocycles. The Labute approximate surface area is 103 Å². The number of anilines is 1. The van der Waals surface area contributed by atoms with Gasteiger partial charge in [0.25, 0.3) is 0 Å². The molecule has 0 unspecified atom stereocenters. The van der Waals surface area contributed by atoms with Gasteiger partial charge in [-0.1, -0.05) is 11.6 Å². The summed E-state index contributed by atoms with van der Waals surface area (Å²) in [5, 5.41) is 3.49. The number of ether oxygens (including phenoxy) is 1. The van der Waals surface area contributed by atoms with E-state index in [9.17, 15) is 0 Å². The summed E-state index contributed by atoms with van der Waals surface area (Å²) in [6, 6.07) is 1.66. The van der Waals surface area contributed by atoms with E-state index < -0.39 is 0 Å². The Morgan fingerprint density at radius 1 is 1.47 bits per heavy atom. The van der Waals surface area contributed by atoms with Gasteiger partial charge in [-0.05, 0) is 0 Å². The molecule has 0 atom stereocenters. The predicted octanol–water partition coefficient (Wildman–Crippen LogP) is 1.61. The molecule has 0 fully saturated rings. The highest BCUT2D eigenvalue weighted by atomic mass is 35.5. The van der Waals surface area contributed by atoms with Gasteiger partial charge in [-0.15, -0.1) is 0 Å². The number of hydrogen-bond acceptors (Lipinski definition) is 5. The van der Waals surface area contributed by atoms with Crippen molar-refractivity contribution in [3.63, 3.8) is 0 Å². The number of nitrogens with one attached hydrogen (secondary N) is 2. The van der Waals surface area contributed by atoms with Crippen LogP contribution in [0.3, 0.4) is 0 Å². The van der Waals surface area contributed by atoms with Crippen LogP contribution < -0.4 is 5.32 Å². The first-order valence-electron chi connectivity index (χ1n) is 5.02. The lowest BCUT2D eigenvalue weighted by Crippen LogP contribution is -2.06. The van der Waals surface area contributed by atoms with Crippen LogP contribution in [0.4, 0.5) is 5.82 Å². The Morgan fingerprint density at radius 2 is 2.35 bits per heavy atom. The van der Waals surface area contributed by atoms with E-state index in [1.54, 1.807) is 25.6 Å². The van der Waals surface area contributed by atoms with Crippen molar-refractivity contribution in [1.29, 1.82) is 0 Å². The monoisotopic (exact) mass is 253 g/mol. The Bertz CT molecular complexity index is 474. The lowest BCUT2D eigenvalue weighted by atomic mass is 10.5. The average Bonchev–Trinajstić information content (AvgIpc) is 2.79. The maximum atomic E-state index is 5.88. The van der Waals surface area contributed by atoms with Crippen molar-refractivity contribution >= 4 is 17.4 Å². The van der Waals surface area contributed by atoms with Gasteiger partial charge in [-0.3, -0.25) is 0 Å². The van der Waals surface area contributed by atoms with Crippen LogP contribution in [-0.2, 0) is 17.9 Å². The van der Waals surface area contributed by atoms with Gasteiger partial charge >= 0.3 is 0 Å². The molecule has 7 heteroatoms. The van der Waals surface area contributed by atoms with Gasteiger partial charge in [0.15, 0.2) is 5.82 Å². The number of H-pyrrole nitrogens is 1. The zero-order valence-corrected chi connectivity index (χ0v) is 10.0. The highest BCUT2D eigenvalue weighted by Crippen LogP contribution is 2.12. The summed E-state index contributed by atoms with van der Waals surface area (Å²) in [4.78, 5) is 15.4. The molecule has 2 aromatic rings. The van der Waals surface area contributed by atoms with Crippen LogP contribution in [-0.4, -0.2) is 27.0 Å². The molecule has 2 rings (SSSR count). The van der Waals surface area contributed by atoms with Crippen molar-refractivity contribution < 1.29 is 4.74 Å². The Kier molecular flexibility index (Phi) is 3.89. The average molecular weight is 254 g/mol. The summed E-state index contributed by atoms with van der Waals surface area (Å²) >= 11 is 5.88. The van der Waals surface area contributed by atoms with Crippen LogP contribution >= 0.6 is 11.6 Å². The van der Waals surface area contributed by atoms with Crippen LogP contribution in [0.25, 0.3) is 0 Å². The van der Waals surface area contributed by atoms with Crippen LogP contribution in [0.2, 0.25) is 5.15 Å². The minimum Gasteiger partial charge on any atom is -0.377 e. The lowest BCUT2D eigenvalue weighted by Gasteiger charge is -2.06. The van der Waals surface area contributed by atoms with Gasteiger partial charge in [0.1, 0.15) is 23.4 Å². The standard InChI is InChI=1S/C10H12ClN5O/c1-17-6-10-15-7(11)4-8(16-10)14-5-9-12-2-3-13-9/h2-4H,5-6H2,1H3,(H,12,13)(H,14,15,16). The van der Waals surface area contributed by atoms with Gasteiger partial charge in [0, 0.05) is 25.6 Å². The fourth-order valence-corrected chi connectivity index (χ4v) is 1.52. The van der Waals surface area contributed by atoms with E-state index in [2.05, 4.69) is 25.3 Å². The number of imidazole rings is 1. The minimum atomic E-state index is 0.329. The second-order valence-electron chi connectivity index (χ2n) is 3.31. The fourth-order valence-electron chi connectivity index (χ4n) is 1.32. The number of nitrogens with zero attached hydrogens (tertiary/aromatic N) is 3. The third kappa shape index (κ3) is 3.40. The molecule has 0 aromatic carbocycles. The SMILES string of the molecule is COCc1nc(Cl)cc(NCc2ncc[nH]2)n1. The van der Waals surface area contributed by atoms with Gasteiger partial charge < -0.3 is 15.0 Å². The molecular formula is C10H12ClN5O. The fraction of sp³-hybridized carbons (Fsp3) is 0.300. The molecule has 2 heterocycles. The number of rotatable bonds is 5. The molecule has 6 nitrogen and oxygen atoms in total. The van der Waals surface area contributed by atoms with Crippen LogP contribution in [0.5, 0.6) is 0 Å². The van der Waals surface area contributed by atoms with Crippen molar-refractivity contribution in [1.82, 2.24) is 19.9 Å². The van der Waals surface area contributed by atoms with Crippen molar-refractivity contribution in [3.8, 4) is 0 Å². The summed E-state index contributed by atoms with van der Waals surface area (Å²) in [6.07, 6.45) is 3.46. The van der Waals surface area contributed by atoms with Crippen molar-refractivity contribution in [2.75, 3.05) is 12.4 Å². The molecule has 0 spiro atoms. The molecule has 90 valence electrons. The van der Waals surface area contributed by atoms with Crippen molar-refractivity contribution in [2.45, 2.75) is 13.2 Å². The largest absolute Gasteiger partial charge is 0.377 e. The molecule has 0 aliphatic rings. The van der Waals surface area contributed by atoms with Crippen molar-refractivity contribution in [2.24, 2.45) is 0 Å². The first-order chi connectivity index (χ1) is 8.28. The zero-order valence-electron chi connectivity index (χ0n) is 9.27. The normalized spacial score (nSPS) is 10.5. The van der Waals surface area contributed by atoms with Gasteiger partial charge in [0.05, 0.1) is 6.54 Å². The van der Waals surface area contributed by atoms with E-state index in [4.69, 9.17) is 16.3 Å². The lowest BCUT2D eigenvalue weighted by molar-refractivity contribution is 0.178. The molecule has 0 bridgehead atoms. The van der Waals surface area contributed by atoms with E-state index in [0.717, 1.165) is 5.82 Å². The first-order valence-corrected chi connectivity index (χ1v) is 5.40. The number of methoxy groups -OCH3 is 1. The number of aromatic amines is 1. The summed E-state index contributed by atoms with van der Waals surface area (Å²) in [5.74, 6) is 2.02. The highest BCUT2D eigenvalue weighted by Gasteiger charge is 2.03. The molecule has 2 aromatic heterocycles. The topological polar surface area (TPSA) is 75.7 Å². The van der Waals surface area contributed by atoms with Crippen LogP contribution in [0.15, 0.2) is 18.5 Å². The maximum Gasteiger partial charge on any atom is 0.158 e. The zero-order chi connectivity index (χ0) is 12.1. The first kappa shape index (κ1) is 11.8. The molecular weight excluding hydrogens is 242 g/mol. The minimum absolute atomic E-state index is 0.329. The summed E-state index contributed by atoms with van der Waals surface area (Å²) < 4.78 is 4.96. The summed E-state index contributed by atoms with van der Waals surface area (Å²) in [7, 11) is 1.58. The van der Waals surface area contributed by atoms with E-state index in [-0.39, 0.29) is 0 Å². The highest BCUT2D eigenvalue weighted by molar-refractivity contribution is 6.29. The van der Waals surface area contributed by atoms with Gasteiger partial charge in [-0.2, -0.15) is 0 Å². The molecule has 0 saturated heterocycles. The Balaban J connectivity index is 2.04. The van der Waals surface area contributed by atoms with E-state index in [0.29, 0.717) is 29.9 Å². The smallest absolute Gasteiger partial charge is 0.158 e. The number of halogens is 1. The third-order valence-electron chi connectivity index (χ3n) is 2.01. The second kappa shape index (κ2) is 5.60. The quantitative estimate of drug-likeness (QED) is 0.792. The summed E-state index contributed by atoms with van der Waals surface area (Å²) in [6.45, 7) is 0.878. The van der Waals surface area contributed by atoms with E-state index >= 15 is 0 Å². The number of hydrogen-bond donors (Lipinski definition) is 2. The molecule has 17 heavy (non-hydrogen) atoms. The molecule has 0 aliphatic carbocycles. The third-order valence-corrected chi connectivity index (χ3v) is 2.20. The van der Waals surface area contributed by atoms with Crippen LogP contribution in [0, 0.1) is 0 Å². The molecule has 2 N–H and O–H groups in total. The van der Waals surface area contributed by atoms with Gasteiger partial charge in [0.2, 0.25) is 0 Å². The van der Waals surface area contributed by atoms with Crippen molar-refractivity contribution in [3.05, 3.63) is 35.3 Å². The number of aromatic nitrogens is 4. The maximum absolute atomic E-state index is 5.88. The summed E-state index contributed by atoms with van der Waals surface area (Å²) in [5.41, 5.74) is 0. The Morgan fingerprint density at radius 3 is 3.06 bits per heavy atom. The Hall–Kier alpha value is -1.66.